The highest BCUT2D eigenvalue weighted by Gasteiger charge is 2.32. The number of aliphatic hydroxyl groups excluding tert-OH is 1. The van der Waals surface area contributed by atoms with Crippen LogP contribution >= 0.6 is 0 Å². The molecule has 152 valence electrons. The van der Waals surface area contributed by atoms with Crippen molar-refractivity contribution in [3.63, 3.8) is 0 Å². The number of amides is 1. The number of hydrogen-bond donors (Lipinski definition) is 1. The number of hydrogen-bond acceptors (Lipinski definition) is 3. The van der Waals surface area contributed by atoms with Gasteiger partial charge in [-0.05, 0) is 37.8 Å². The highest BCUT2D eigenvalue weighted by atomic mass is 16.3. The Morgan fingerprint density at radius 3 is 2.21 bits per heavy atom. The lowest BCUT2D eigenvalue weighted by molar-refractivity contribution is -0.138. The van der Waals surface area contributed by atoms with E-state index in [2.05, 4.69) is 9.88 Å². The number of benzene rings is 1. The minimum Gasteiger partial charge on any atom is -0.396 e. The summed E-state index contributed by atoms with van der Waals surface area (Å²) in [5.41, 5.74) is 1.90. The number of carbonyl (C=O) groups is 1. The Balaban J connectivity index is 1.62. The fourth-order valence-electron chi connectivity index (χ4n) is 5.23. The van der Waals surface area contributed by atoms with Crippen molar-refractivity contribution in [2.45, 2.75) is 89.3 Å². The molecule has 0 spiro atoms. The predicted octanol–water partition coefficient (Wildman–Crippen LogP) is 4.07. The van der Waals surface area contributed by atoms with Gasteiger partial charge in [-0.3, -0.25) is 4.79 Å². The highest BCUT2D eigenvalue weighted by molar-refractivity contribution is 5.81. The molecule has 1 amide bonds. The second-order valence-electron chi connectivity index (χ2n) is 8.46. The van der Waals surface area contributed by atoms with Crippen molar-refractivity contribution in [2.75, 3.05) is 6.61 Å². The Morgan fingerprint density at radius 1 is 1.00 bits per heavy atom. The number of imidazole rings is 1. The summed E-state index contributed by atoms with van der Waals surface area (Å²) in [6.45, 7) is 0.384. The fourth-order valence-corrected chi connectivity index (χ4v) is 5.23. The van der Waals surface area contributed by atoms with Crippen molar-refractivity contribution in [1.82, 2.24) is 14.5 Å². The van der Waals surface area contributed by atoms with Crippen LogP contribution in [0.3, 0.4) is 0 Å². The van der Waals surface area contributed by atoms with E-state index in [0.29, 0.717) is 25.0 Å². The SMILES string of the molecule is O=C(Cn1c(CCO)nc2ccccc21)N(C1CCCCC1)C1CCCCC1. The standard InChI is InChI=1S/C23H33N3O2/c27-16-15-22-24-20-13-7-8-14-21(20)25(22)17-23(28)26(18-9-3-1-4-10-18)19-11-5-2-6-12-19/h7-8,13-14,18-19,27H,1-6,9-12,15-17H2. The lowest BCUT2D eigenvalue weighted by atomic mass is 9.88. The van der Waals surface area contributed by atoms with Gasteiger partial charge < -0.3 is 14.6 Å². The fraction of sp³-hybridized carbons (Fsp3) is 0.652. The van der Waals surface area contributed by atoms with Gasteiger partial charge in [-0.15, -0.1) is 0 Å². The molecule has 1 aromatic carbocycles. The minimum absolute atomic E-state index is 0.0481. The van der Waals surface area contributed by atoms with Crippen LogP contribution < -0.4 is 0 Å². The largest absolute Gasteiger partial charge is 0.396 e. The van der Waals surface area contributed by atoms with Gasteiger partial charge in [0.1, 0.15) is 12.4 Å². The smallest absolute Gasteiger partial charge is 0.243 e. The molecule has 1 heterocycles. The quantitative estimate of drug-likeness (QED) is 0.818. The molecule has 2 aliphatic carbocycles. The van der Waals surface area contributed by atoms with Crippen molar-refractivity contribution < 1.29 is 9.90 Å². The average molecular weight is 384 g/mol. The maximum atomic E-state index is 13.6. The van der Waals surface area contributed by atoms with E-state index < -0.39 is 0 Å². The molecule has 0 atom stereocenters. The maximum absolute atomic E-state index is 13.6. The van der Waals surface area contributed by atoms with Crippen molar-refractivity contribution in [2.24, 2.45) is 0 Å². The van der Waals surface area contributed by atoms with Gasteiger partial charge >= 0.3 is 0 Å². The van der Waals surface area contributed by atoms with Gasteiger partial charge in [0.2, 0.25) is 5.91 Å². The monoisotopic (exact) mass is 383 g/mol. The molecule has 0 bridgehead atoms. The lowest BCUT2D eigenvalue weighted by Crippen LogP contribution is -2.50. The summed E-state index contributed by atoms with van der Waals surface area (Å²) in [7, 11) is 0. The zero-order valence-corrected chi connectivity index (χ0v) is 16.9. The predicted molar refractivity (Wildman–Crippen MR) is 111 cm³/mol. The first-order chi connectivity index (χ1) is 13.8. The third kappa shape index (κ3) is 4.09. The van der Waals surface area contributed by atoms with Crippen molar-refractivity contribution in [1.29, 1.82) is 0 Å². The molecule has 1 N–H and O–H groups in total. The Labute approximate surface area is 167 Å². The van der Waals surface area contributed by atoms with Crippen LogP contribution in [-0.2, 0) is 17.8 Å². The van der Waals surface area contributed by atoms with Gasteiger partial charge in [0.25, 0.3) is 0 Å². The molecule has 1 aromatic heterocycles. The molecular weight excluding hydrogens is 350 g/mol. The van der Waals surface area contributed by atoms with Crippen LogP contribution in [0.5, 0.6) is 0 Å². The Hall–Kier alpha value is -1.88. The van der Waals surface area contributed by atoms with Gasteiger partial charge in [0.15, 0.2) is 0 Å². The molecule has 2 aromatic rings. The summed E-state index contributed by atoms with van der Waals surface area (Å²) >= 11 is 0. The van der Waals surface area contributed by atoms with Crippen LogP contribution in [0.2, 0.25) is 0 Å². The van der Waals surface area contributed by atoms with E-state index in [0.717, 1.165) is 42.5 Å². The van der Waals surface area contributed by atoms with Crippen LogP contribution in [0.4, 0.5) is 0 Å². The second-order valence-corrected chi connectivity index (χ2v) is 8.46. The van der Waals surface area contributed by atoms with Crippen LogP contribution in [-0.4, -0.2) is 44.2 Å². The zero-order valence-electron chi connectivity index (χ0n) is 16.9. The van der Waals surface area contributed by atoms with Gasteiger partial charge in [0.05, 0.1) is 17.6 Å². The van der Waals surface area contributed by atoms with Gasteiger partial charge in [0, 0.05) is 18.5 Å². The van der Waals surface area contributed by atoms with Crippen LogP contribution in [0.15, 0.2) is 24.3 Å². The molecular formula is C23H33N3O2. The molecule has 2 aliphatic rings. The number of fused-ring (bicyclic) bond motifs is 1. The highest BCUT2D eigenvalue weighted by Crippen LogP contribution is 2.31. The normalized spacial score (nSPS) is 19.2. The number of carbonyl (C=O) groups excluding carboxylic acids is 1. The van der Waals surface area contributed by atoms with E-state index in [1.54, 1.807) is 0 Å². The van der Waals surface area contributed by atoms with E-state index in [4.69, 9.17) is 0 Å². The van der Waals surface area contributed by atoms with Crippen molar-refractivity contribution >= 4 is 16.9 Å². The average Bonchev–Trinajstić information content (AvgIpc) is 3.07. The van der Waals surface area contributed by atoms with Crippen LogP contribution in [0, 0.1) is 0 Å². The first kappa shape index (κ1) is 19.4. The summed E-state index contributed by atoms with van der Waals surface area (Å²) in [5, 5.41) is 9.47. The van der Waals surface area contributed by atoms with Crippen molar-refractivity contribution in [3.05, 3.63) is 30.1 Å². The number of rotatable bonds is 6. The van der Waals surface area contributed by atoms with E-state index in [-0.39, 0.29) is 12.5 Å². The molecule has 0 saturated heterocycles. The molecule has 2 saturated carbocycles. The van der Waals surface area contributed by atoms with Crippen molar-refractivity contribution in [3.8, 4) is 0 Å². The molecule has 4 rings (SSSR count). The van der Waals surface area contributed by atoms with E-state index in [1.165, 1.54) is 38.5 Å². The number of para-hydroxylation sites is 2. The van der Waals surface area contributed by atoms with Gasteiger partial charge in [-0.2, -0.15) is 0 Å². The van der Waals surface area contributed by atoms with E-state index in [9.17, 15) is 9.90 Å². The Morgan fingerprint density at radius 2 is 1.61 bits per heavy atom. The first-order valence-corrected chi connectivity index (χ1v) is 11.1. The third-order valence-corrected chi connectivity index (χ3v) is 6.59. The topological polar surface area (TPSA) is 58.4 Å². The molecule has 0 unspecified atom stereocenters. The van der Waals surface area contributed by atoms with E-state index >= 15 is 0 Å². The molecule has 5 heteroatoms. The van der Waals surface area contributed by atoms with Gasteiger partial charge in [-0.25, -0.2) is 4.98 Å². The third-order valence-electron chi connectivity index (χ3n) is 6.59. The molecule has 2 fully saturated rings. The maximum Gasteiger partial charge on any atom is 0.243 e. The van der Waals surface area contributed by atoms with Gasteiger partial charge in [-0.1, -0.05) is 50.7 Å². The van der Waals surface area contributed by atoms with Crippen LogP contribution in [0.25, 0.3) is 11.0 Å². The molecule has 0 aliphatic heterocycles. The second kappa shape index (κ2) is 9.08. The Kier molecular flexibility index (Phi) is 6.30. The molecule has 5 nitrogen and oxygen atoms in total. The first-order valence-electron chi connectivity index (χ1n) is 11.1. The number of nitrogens with zero attached hydrogens (tertiary/aromatic N) is 3. The summed E-state index contributed by atoms with van der Waals surface area (Å²) in [4.78, 5) is 20.6. The number of aromatic nitrogens is 2. The Bertz CT molecular complexity index is 770. The molecule has 28 heavy (non-hydrogen) atoms. The number of aliphatic hydroxyl groups is 1. The zero-order chi connectivity index (χ0) is 19.3. The molecule has 0 radical (unpaired) electrons. The summed E-state index contributed by atoms with van der Waals surface area (Å²) in [6.07, 6.45) is 12.6. The summed E-state index contributed by atoms with van der Waals surface area (Å²) < 4.78 is 2.03. The summed E-state index contributed by atoms with van der Waals surface area (Å²) in [6, 6.07) is 8.79. The van der Waals surface area contributed by atoms with Crippen LogP contribution in [0.1, 0.15) is 70.0 Å². The minimum atomic E-state index is 0.0481. The van der Waals surface area contributed by atoms with E-state index in [1.807, 2.05) is 28.8 Å². The summed E-state index contributed by atoms with van der Waals surface area (Å²) in [5.74, 6) is 1.05. The lowest BCUT2D eigenvalue weighted by Gasteiger charge is -2.42.